The van der Waals surface area contributed by atoms with Crippen molar-refractivity contribution in [3.8, 4) is 12.3 Å². The number of ether oxygens (including phenoxy) is 1. The van der Waals surface area contributed by atoms with Crippen LogP contribution in [0.4, 0.5) is 0 Å². The van der Waals surface area contributed by atoms with Crippen molar-refractivity contribution in [1.29, 1.82) is 0 Å². The summed E-state index contributed by atoms with van der Waals surface area (Å²) in [4.78, 5) is 0. The Kier molecular flexibility index (Phi) is 11.0. The van der Waals surface area contributed by atoms with Gasteiger partial charge in [-0.3, -0.25) is 0 Å². The lowest BCUT2D eigenvalue weighted by Crippen LogP contribution is -1.91. The van der Waals surface area contributed by atoms with Gasteiger partial charge in [-0.15, -0.1) is 6.42 Å². The van der Waals surface area contributed by atoms with Gasteiger partial charge >= 0.3 is 0 Å². The monoisotopic (exact) mass is 260 g/mol. The van der Waals surface area contributed by atoms with Crippen LogP contribution in [0.3, 0.4) is 0 Å². The first-order valence-electron chi connectivity index (χ1n) is 7.02. The van der Waals surface area contributed by atoms with Gasteiger partial charge in [0.2, 0.25) is 0 Å². The van der Waals surface area contributed by atoms with E-state index in [2.05, 4.69) is 51.8 Å². The predicted molar refractivity (Wildman–Crippen MR) is 85.1 cm³/mol. The average molecular weight is 260 g/mol. The lowest BCUT2D eigenvalue weighted by atomic mass is 10.1. The van der Waals surface area contributed by atoms with Gasteiger partial charge in [0.25, 0.3) is 0 Å². The molecule has 0 aromatic carbocycles. The number of hydrogen-bond acceptors (Lipinski definition) is 1. The Balaban J connectivity index is 3.80. The molecule has 0 saturated heterocycles. The van der Waals surface area contributed by atoms with Crippen molar-refractivity contribution >= 4 is 0 Å². The van der Waals surface area contributed by atoms with Crippen LogP contribution in [0.25, 0.3) is 0 Å². The van der Waals surface area contributed by atoms with Crippen LogP contribution in [0, 0.1) is 12.3 Å². The minimum Gasteiger partial charge on any atom is -0.365 e. The van der Waals surface area contributed by atoms with Crippen LogP contribution < -0.4 is 0 Å². The molecule has 0 amide bonds. The quantitative estimate of drug-likeness (QED) is 0.320. The summed E-state index contributed by atoms with van der Waals surface area (Å²) in [5.74, 6) is 2.46. The first kappa shape index (κ1) is 17.7. The molecular weight excluding hydrogens is 232 g/mol. The van der Waals surface area contributed by atoms with Crippen molar-refractivity contribution in [2.45, 2.75) is 53.4 Å². The second-order valence-electron chi connectivity index (χ2n) is 5.18. The fraction of sp³-hybridized carbons (Fsp3) is 0.556. The Morgan fingerprint density at radius 2 is 1.53 bits per heavy atom. The fourth-order valence-corrected chi connectivity index (χ4v) is 1.66. The lowest BCUT2D eigenvalue weighted by molar-refractivity contribution is 0.198. The summed E-state index contributed by atoms with van der Waals surface area (Å²) < 4.78 is 5.22. The summed E-state index contributed by atoms with van der Waals surface area (Å²) in [6.45, 7) is 9.68. The maximum Gasteiger partial charge on any atom is 0.107 e. The van der Waals surface area contributed by atoms with Gasteiger partial charge in [-0.25, -0.2) is 0 Å². The summed E-state index contributed by atoms with van der Waals surface area (Å²) in [5, 5.41) is 0. The molecule has 0 aliphatic rings. The third kappa shape index (κ3) is 13.0. The Labute approximate surface area is 119 Å². The number of hydrogen-bond donors (Lipinski definition) is 0. The van der Waals surface area contributed by atoms with Crippen LogP contribution in [0.2, 0.25) is 0 Å². The van der Waals surface area contributed by atoms with Crippen molar-refractivity contribution in [2.75, 3.05) is 13.2 Å². The van der Waals surface area contributed by atoms with Gasteiger partial charge in [0.15, 0.2) is 0 Å². The molecule has 0 aromatic heterocycles. The molecule has 19 heavy (non-hydrogen) atoms. The summed E-state index contributed by atoms with van der Waals surface area (Å²) in [5.41, 5.74) is 4.25. The van der Waals surface area contributed by atoms with Crippen LogP contribution in [0.15, 0.2) is 34.9 Å². The van der Waals surface area contributed by atoms with E-state index in [4.69, 9.17) is 11.2 Å². The van der Waals surface area contributed by atoms with E-state index in [0.717, 1.165) is 19.3 Å². The smallest absolute Gasteiger partial charge is 0.107 e. The van der Waals surface area contributed by atoms with E-state index in [-0.39, 0.29) is 0 Å². The van der Waals surface area contributed by atoms with E-state index in [9.17, 15) is 0 Å². The highest BCUT2D eigenvalue weighted by atomic mass is 16.5. The molecule has 0 aliphatic heterocycles. The molecule has 106 valence electrons. The summed E-state index contributed by atoms with van der Waals surface area (Å²) >= 11 is 0. The zero-order chi connectivity index (χ0) is 14.5. The number of rotatable bonds is 9. The zero-order valence-corrected chi connectivity index (χ0v) is 13.0. The topological polar surface area (TPSA) is 9.23 Å². The molecule has 0 heterocycles. The Morgan fingerprint density at radius 1 is 0.947 bits per heavy atom. The lowest BCUT2D eigenvalue weighted by Gasteiger charge is -2.01. The van der Waals surface area contributed by atoms with Gasteiger partial charge in [0, 0.05) is 0 Å². The number of terminal acetylenes is 1. The molecule has 1 nitrogen and oxygen atoms in total. The molecule has 0 fully saturated rings. The maximum atomic E-state index is 5.22. The highest BCUT2D eigenvalue weighted by Gasteiger charge is 1.92. The molecule has 0 N–H and O–H groups in total. The van der Waals surface area contributed by atoms with Gasteiger partial charge in [-0.05, 0) is 53.4 Å². The molecule has 0 bridgehead atoms. The van der Waals surface area contributed by atoms with Crippen molar-refractivity contribution in [3.63, 3.8) is 0 Å². The van der Waals surface area contributed by atoms with Gasteiger partial charge in [-0.1, -0.05) is 40.9 Å². The fourth-order valence-electron chi connectivity index (χ4n) is 1.66. The van der Waals surface area contributed by atoms with Crippen LogP contribution >= 0.6 is 0 Å². The molecule has 0 aromatic rings. The SMILES string of the molecule is C#CCOCC=C(C)CCC=C(C)CCC=C(C)C. The highest BCUT2D eigenvalue weighted by molar-refractivity contribution is 5.05. The van der Waals surface area contributed by atoms with Crippen LogP contribution in [-0.4, -0.2) is 13.2 Å². The molecule has 0 atom stereocenters. The van der Waals surface area contributed by atoms with Crippen LogP contribution in [0.1, 0.15) is 53.4 Å². The third-order valence-electron chi connectivity index (χ3n) is 2.86. The zero-order valence-electron chi connectivity index (χ0n) is 13.0. The Bertz CT molecular complexity index is 360. The molecule has 0 saturated carbocycles. The van der Waals surface area contributed by atoms with Crippen LogP contribution in [0.5, 0.6) is 0 Å². The predicted octanol–water partition coefficient (Wildman–Crippen LogP) is 5.06. The summed E-state index contributed by atoms with van der Waals surface area (Å²) in [6.07, 6.45) is 16.4. The Hall–Kier alpha value is -1.26. The van der Waals surface area contributed by atoms with Crippen molar-refractivity contribution < 1.29 is 4.74 Å². The maximum absolute atomic E-state index is 5.22. The van der Waals surface area contributed by atoms with E-state index >= 15 is 0 Å². The standard InChI is InChI=1S/C18H28O/c1-6-14-19-15-13-18(5)12-8-11-17(4)10-7-9-16(2)3/h1,9,11,13H,7-8,10,12,14-15H2,2-5H3. The molecule has 0 radical (unpaired) electrons. The average Bonchev–Trinajstić information content (AvgIpc) is 2.34. The van der Waals surface area contributed by atoms with E-state index in [1.165, 1.54) is 23.1 Å². The number of allylic oxidation sites excluding steroid dienone is 5. The molecular formula is C18H28O. The molecule has 0 aliphatic carbocycles. The summed E-state index contributed by atoms with van der Waals surface area (Å²) in [7, 11) is 0. The molecule has 1 heteroatoms. The molecule has 0 unspecified atom stereocenters. The normalized spacial score (nSPS) is 12.2. The highest BCUT2D eigenvalue weighted by Crippen LogP contribution is 2.11. The van der Waals surface area contributed by atoms with E-state index < -0.39 is 0 Å². The van der Waals surface area contributed by atoms with Crippen molar-refractivity contribution in [2.24, 2.45) is 0 Å². The largest absolute Gasteiger partial charge is 0.365 e. The van der Waals surface area contributed by atoms with Gasteiger partial charge in [0.1, 0.15) is 6.61 Å². The molecule has 0 spiro atoms. The summed E-state index contributed by atoms with van der Waals surface area (Å²) in [6, 6.07) is 0. The Morgan fingerprint density at radius 3 is 2.11 bits per heavy atom. The van der Waals surface area contributed by atoms with Crippen molar-refractivity contribution in [3.05, 3.63) is 34.9 Å². The first-order chi connectivity index (χ1) is 9.06. The minimum absolute atomic E-state index is 0.396. The first-order valence-corrected chi connectivity index (χ1v) is 7.02. The van der Waals surface area contributed by atoms with E-state index in [1.807, 2.05) is 0 Å². The van der Waals surface area contributed by atoms with Gasteiger partial charge in [-0.2, -0.15) is 0 Å². The van der Waals surface area contributed by atoms with Gasteiger partial charge in [0.05, 0.1) is 6.61 Å². The second kappa shape index (κ2) is 11.8. The van der Waals surface area contributed by atoms with Gasteiger partial charge < -0.3 is 4.74 Å². The third-order valence-corrected chi connectivity index (χ3v) is 2.86. The van der Waals surface area contributed by atoms with Crippen molar-refractivity contribution in [1.82, 2.24) is 0 Å². The molecule has 0 rings (SSSR count). The second-order valence-corrected chi connectivity index (χ2v) is 5.18. The minimum atomic E-state index is 0.396. The van der Waals surface area contributed by atoms with Crippen LogP contribution in [-0.2, 0) is 4.74 Å². The van der Waals surface area contributed by atoms with E-state index in [0.29, 0.717) is 13.2 Å². The van der Waals surface area contributed by atoms with E-state index in [1.54, 1.807) is 0 Å².